The monoisotopic (exact) mass is 385 g/mol. The fraction of sp³-hybridized carbons (Fsp3) is 0.647. The van der Waals surface area contributed by atoms with E-state index in [4.69, 9.17) is 14.6 Å². The van der Waals surface area contributed by atoms with Crippen molar-refractivity contribution in [3.8, 4) is 0 Å². The summed E-state index contributed by atoms with van der Waals surface area (Å²) in [6.45, 7) is 2.08. The Morgan fingerprint density at radius 3 is 2.33 bits per heavy atom. The van der Waals surface area contributed by atoms with E-state index in [1.807, 2.05) is 0 Å². The maximum absolute atomic E-state index is 11.6. The van der Waals surface area contributed by atoms with Crippen LogP contribution in [0.4, 0.5) is 0 Å². The molecule has 0 radical (unpaired) electrons. The molecule has 0 saturated heterocycles. The van der Waals surface area contributed by atoms with Crippen molar-refractivity contribution in [3.63, 3.8) is 0 Å². The standard InChI is InChI=1S/C17H27N3O7/c1-18-13(17(24)25)3-4-14(21)19-7-2-9-26-11-12-27-10-8-20-15(22)5-6-16(20)23/h5-6,13,18H,2-4,7-12H2,1H3,(H,19,21)(H,24,25). The Hall–Kier alpha value is -2.30. The molecular formula is C17H27N3O7. The van der Waals surface area contributed by atoms with Gasteiger partial charge in [0.05, 0.1) is 26.4 Å². The van der Waals surface area contributed by atoms with Crippen LogP contribution in [0.3, 0.4) is 0 Å². The fourth-order valence-corrected chi connectivity index (χ4v) is 2.29. The second-order valence-corrected chi connectivity index (χ2v) is 5.81. The zero-order valence-electron chi connectivity index (χ0n) is 15.4. The molecule has 0 aromatic carbocycles. The van der Waals surface area contributed by atoms with Crippen LogP contribution in [-0.2, 0) is 28.7 Å². The van der Waals surface area contributed by atoms with Crippen LogP contribution in [0.25, 0.3) is 0 Å². The van der Waals surface area contributed by atoms with Gasteiger partial charge < -0.3 is 25.2 Å². The Balaban J connectivity index is 1.90. The first kappa shape index (κ1) is 22.7. The Morgan fingerprint density at radius 2 is 1.74 bits per heavy atom. The number of hydrogen-bond acceptors (Lipinski definition) is 7. The highest BCUT2D eigenvalue weighted by Crippen LogP contribution is 2.02. The summed E-state index contributed by atoms with van der Waals surface area (Å²) in [5, 5.41) is 14.2. The van der Waals surface area contributed by atoms with Crippen molar-refractivity contribution in [1.82, 2.24) is 15.5 Å². The number of likely N-dealkylation sites (N-methyl/N-ethyl adjacent to an activating group) is 1. The highest BCUT2D eigenvalue weighted by atomic mass is 16.5. The lowest BCUT2D eigenvalue weighted by molar-refractivity contribution is -0.140. The molecule has 0 bridgehead atoms. The molecule has 0 fully saturated rings. The largest absolute Gasteiger partial charge is 0.480 e. The van der Waals surface area contributed by atoms with Gasteiger partial charge in [0, 0.05) is 31.7 Å². The van der Waals surface area contributed by atoms with E-state index in [1.54, 1.807) is 7.05 Å². The molecular weight excluding hydrogens is 358 g/mol. The molecule has 27 heavy (non-hydrogen) atoms. The highest BCUT2D eigenvalue weighted by Gasteiger charge is 2.22. The number of carboxylic acids is 1. The minimum atomic E-state index is -0.976. The average Bonchev–Trinajstić information content (AvgIpc) is 2.95. The summed E-state index contributed by atoms with van der Waals surface area (Å²) in [5.74, 6) is -1.82. The zero-order chi connectivity index (χ0) is 20.1. The SMILES string of the molecule is CNC(CCC(=O)NCCCOCCOCCN1C(=O)C=CC1=O)C(=O)O. The van der Waals surface area contributed by atoms with Crippen LogP contribution in [0.15, 0.2) is 12.2 Å². The Kier molecular flexibility index (Phi) is 10.9. The molecule has 1 heterocycles. The molecule has 152 valence electrons. The zero-order valence-corrected chi connectivity index (χ0v) is 15.4. The molecule has 0 aromatic rings. The lowest BCUT2D eigenvalue weighted by Gasteiger charge is -2.13. The van der Waals surface area contributed by atoms with E-state index in [0.717, 1.165) is 4.90 Å². The third-order valence-corrected chi connectivity index (χ3v) is 3.83. The topological polar surface area (TPSA) is 134 Å². The highest BCUT2D eigenvalue weighted by molar-refractivity contribution is 6.12. The van der Waals surface area contributed by atoms with Crippen LogP contribution >= 0.6 is 0 Å². The van der Waals surface area contributed by atoms with Gasteiger partial charge in [-0.1, -0.05) is 0 Å². The summed E-state index contributed by atoms with van der Waals surface area (Å²) in [5.41, 5.74) is 0. The van der Waals surface area contributed by atoms with Crippen molar-refractivity contribution in [1.29, 1.82) is 0 Å². The van der Waals surface area contributed by atoms with Gasteiger partial charge in [0.15, 0.2) is 0 Å². The van der Waals surface area contributed by atoms with Crippen molar-refractivity contribution in [2.45, 2.75) is 25.3 Å². The van der Waals surface area contributed by atoms with Crippen molar-refractivity contribution in [2.24, 2.45) is 0 Å². The van der Waals surface area contributed by atoms with Crippen molar-refractivity contribution >= 4 is 23.7 Å². The molecule has 1 atom stereocenters. The Labute approximate surface area is 157 Å². The number of nitrogens with one attached hydrogen (secondary N) is 2. The first-order valence-corrected chi connectivity index (χ1v) is 8.81. The third-order valence-electron chi connectivity index (χ3n) is 3.83. The van der Waals surface area contributed by atoms with Gasteiger partial charge in [-0.2, -0.15) is 0 Å². The molecule has 3 N–H and O–H groups in total. The lowest BCUT2D eigenvalue weighted by atomic mass is 10.1. The van der Waals surface area contributed by atoms with Crippen LogP contribution in [0.2, 0.25) is 0 Å². The molecule has 0 spiro atoms. The van der Waals surface area contributed by atoms with Crippen LogP contribution in [-0.4, -0.2) is 86.3 Å². The number of carboxylic acid groups (broad SMARTS) is 1. The van der Waals surface area contributed by atoms with E-state index in [2.05, 4.69) is 10.6 Å². The van der Waals surface area contributed by atoms with Gasteiger partial charge in [0.2, 0.25) is 5.91 Å². The molecule has 1 aliphatic heterocycles. The number of carbonyl (C=O) groups excluding carboxylic acids is 3. The number of rotatable bonds is 15. The quantitative estimate of drug-likeness (QED) is 0.239. The van der Waals surface area contributed by atoms with Crippen LogP contribution in [0.5, 0.6) is 0 Å². The summed E-state index contributed by atoms with van der Waals surface area (Å²) < 4.78 is 10.7. The first-order valence-electron chi connectivity index (χ1n) is 8.81. The molecule has 3 amide bonds. The van der Waals surface area contributed by atoms with Gasteiger partial charge in [-0.05, 0) is 19.9 Å². The molecule has 10 nitrogen and oxygen atoms in total. The summed E-state index contributed by atoms with van der Waals surface area (Å²) in [4.78, 5) is 46.1. The van der Waals surface area contributed by atoms with Crippen LogP contribution in [0.1, 0.15) is 19.3 Å². The molecule has 0 aromatic heterocycles. The van der Waals surface area contributed by atoms with E-state index >= 15 is 0 Å². The Bertz CT molecular complexity index is 533. The molecule has 1 rings (SSSR count). The minimum absolute atomic E-state index is 0.143. The fourth-order valence-electron chi connectivity index (χ4n) is 2.29. The van der Waals surface area contributed by atoms with Crippen molar-refractivity contribution in [2.75, 3.05) is 46.6 Å². The van der Waals surface area contributed by atoms with Crippen molar-refractivity contribution in [3.05, 3.63) is 12.2 Å². The normalized spacial score (nSPS) is 14.6. The molecule has 0 saturated carbocycles. The molecule has 0 aliphatic carbocycles. The number of amides is 3. The van der Waals surface area contributed by atoms with E-state index in [9.17, 15) is 19.2 Å². The van der Waals surface area contributed by atoms with E-state index in [-0.39, 0.29) is 43.7 Å². The van der Waals surface area contributed by atoms with Crippen LogP contribution in [0, 0.1) is 0 Å². The number of hydrogen-bond donors (Lipinski definition) is 3. The lowest BCUT2D eigenvalue weighted by Crippen LogP contribution is -2.35. The number of carbonyl (C=O) groups is 4. The molecule has 1 aliphatic rings. The number of aliphatic carboxylic acids is 1. The van der Waals surface area contributed by atoms with E-state index in [0.29, 0.717) is 32.8 Å². The second-order valence-electron chi connectivity index (χ2n) is 5.81. The van der Waals surface area contributed by atoms with Crippen LogP contribution < -0.4 is 10.6 Å². The summed E-state index contributed by atoms with van der Waals surface area (Å²) in [6.07, 6.45) is 3.47. The predicted molar refractivity (Wildman–Crippen MR) is 94.8 cm³/mol. The first-order chi connectivity index (χ1) is 13.0. The smallest absolute Gasteiger partial charge is 0.320 e. The summed E-state index contributed by atoms with van der Waals surface area (Å²) in [7, 11) is 1.54. The van der Waals surface area contributed by atoms with Gasteiger partial charge in [-0.15, -0.1) is 0 Å². The minimum Gasteiger partial charge on any atom is -0.480 e. The van der Waals surface area contributed by atoms with Gasteiger partial charge in [-0.25, -0.2) is 0 Å². The van der Waals surface area contributed by atoms with Gasteiger partial charge in [0.1, 0.15) is 6.04 Å². The van der Waals surface area contributed by atoms with Crippen molar-refractivity contribution < 1.29 is 33.8 Å². The maximum Gasteiger partial charge on any atom is 0.320 e. The summed E-state index contributed by atoms with van der Waals surface area (Å²) in [6, 6.07) is -0.725. The van der Waals surface area contributed by atoms with E-state index < -0.39 is 12.0 Å². The predicted octanol–water partition coefficient (Wildman–Crippen LogP) is -1.10. The van der Waals surface area contributed by atoms with E-state index in [1.165, 1.54) is 12.2 Å². The second kappa shape index (κ2) is 13.0. The molecule has 1 unspecified atom stereocenters. The Morgan fingerprint density at radius 1 is 1.11 bits per heavy atom. The number of nitrogens with zero attached hydrogens (tertiary/aromatic N) is 1. The number of ether oxygens (including phenoxy) is 2. The summed E-state index contributed by atoms with van der Waals surface area (Å²) >= 11 is 0. The molecule has 10 heteroatoms. The average molecular weight is 385 g/mol. The number of imide groups is 1. The van der Waals surface area contributed by atoms with Gasteiger partial charge in [0.25, 0.3) is 11.8 Å². The van der Waals surface area contributed by atoms with Gasteiger partial charge in [-0.3, -0.25) is 24.1 Å². The maximum atomic E-state index is 11.6. The van der Waals surface area contributed by atoms with Gasteiger partial charge >= 0.3 is 5.97 Å². The third kappa shape index (κ3) is 9.27.